The minimum Gasteiger partial charge on any atom is -0.744 e. The van der Waals surface area contributed by atoms with Gasteiger partial charge in [-0.3, -0.25) is 0 Å². The minimum absolute atomic E-state index is 0. The van der Waals surface area contributed by atoms with Crippen molar-refractivity contribution in [2.24, 2.45) is 0 Å². The molecule has 0 fully saturated rings. The molecule has 2 N–H and O–H groups in total. The monoisotopic (exact) mass is 364 g/mol. The quantitative estimate of drug-likeness (QED) is 0.394. The van der Waals surface area contributed by atoms with Gasteiger partial charge in [0.05, 0.1) is 9.79 Å². The van der Waals surface area contributed by atoms with Crippen molar-refractivity contribution in [1.29, 1.82) is 0 Å². The van der Waals surface area contributed by atoms with E-state index in [-0.39, 0.29) is 69.9 Å². The summed E-state index contributed by atoms with van der Waals surface area (Å²) in [6.45, 7) is 0. The predicted molar refractivity (Wildman–Crippen MR) is 63.2 cm³/mol. The Balaban J connectivity index is 0.00000220. The topological polar surface area (TPSA) is 155 Å². The van der Waals surface area contributed by atoms with Gasteiger partial charge in [0.1, 0.15) is 31.7 Å². The zero-order valence-electron chi connectivity index (χ0n) is 11.5. The molecule has 0 heterocycles. The first kappa shape index (κ1) is 22.1. The number of hydrogen-bond donors (Lipinski definition) is 2. The van der Waals surface area contributed by atoms with Gasteiger partial charge in [-0.1, -0.05) is 0 Å². The van der Waals surface area contributed by atoms with Crippen LogP contribution in [-0.2, 0) is 20.2 Å². The van der Waals surface area contributed by atoms with Crippen LogP contribution < -0.4 is 59.1 Å². The molecule has 0 amide bonds. The van der Waals surface area contributed by atoms with Gasteiger partial charge in [-0.2, -0.15) is 0 Å². The molecule has 2 rings (SSSR count). The van der Waals surface area contributed by atoms with E-state index in [1.54, 1.807) is 0 Å². The normalized spacial score (nSPS) is 11.5. The van der Waals surface area contributed by atoms with E-state index in [2.05, 4.69) is 0 Å². The number of aromatic hydroxyl groups is 2. The Morgan fingerprint density at radius 2 is 1.32 bits per heavy atom. The largest absolute Gasteiger partial charge is 1.00 e. The zero-order valence-corrected chi connectivity index (χ0v) is 17.1. The van der Waals surface area contributed by atoms with Gasteiger partial charge in [-0.25, -0.2) is 16.8 Å². The predicted octanol–water partition coefficient (Wildman–Crippen LogP) is -5.93. The van der Waals surface area contributed by atoms with Gasteiger partial charge in [0.25, 0.3) is 0 Å². The van der Waals surface area contributed by atoms with Crippen LogP contribution >= 0.6 is 0 Å². The first-order valence-corrected chi connectivity index (χ1v) is 7.73. The molecular weight excluding hydrogens is 358 g/mol. The Morgan fingerprint density at radius 1 is 0.773 bits per heavy atom. The van der Waals surface area contributed by atoms with Crippen molar-refractivity contribution in [2.45, 2.75) is 9.79 Å². The molecule has 0 unspecified atom stereocenters. The summed E-state index contributed by atoms with van der Waals surface area (Å²) < 4.78 is 66.3. The van der Waals surface area contributed by atoms with Crippen LogP contribution in [0.2, 0.25) is 0 Å². The Bertz CT molecular complexity index is 922. The molecule has 12 heteroatoms. The maximum Gasteiger partial charge on any atom is 1.00 e. The smallest absolute Gasteiger partial charge is 0.744 e. The molecule has 8 nitrogen and oxygen atoms in total. The molecule has 0 saturated carbocycles. The molecule has 0 saturated heterocycles. The van der Waals surface area contributed by atoms with Gasteiger partial charge in [0.2, 0.25) is 0 Å². The first-order chi connectivity index (χ1) is 9.00. The van der Waals surface area contributed by atoms with Crippen molar-refractivity contribution < 1.29 is 95.3 Å². The molecule has 0 bridgehead atoms. The summed E-state index contributed by atoms with van der Waals surface area (Å²) in [5.74, 6) is -1.20. The van der Waals surface area contributed by atoms with E-state index in [1.165, 1.54) is 0 Å². The van der Waals surface area contributed by atoms with Crippen LogP contribution in [0.1, 0.15) is 0 Å². The molecule has 2 aromatic rings. The standard InChI is InChI=1S/C10H8O8S2.2Na/c11-5-1-8-7(9(12)2-5)3-6(19(13,14)15)4-10(8)20(16,17)18;;/h1-4,11-12H,(H,13,14,15)(H,16,17,18);;/q;2*+1/p-2. The van der Waals surface area contributed by atoms with E-state index < -0.39 is 41.5 Å². The van der Waals surface area contributed by atoms with Crippen LogP contribution in [0.3, 0.4) is 0 Å². The maximum absolute atomic E-state index is 11.1. The van der Waals surface area contributed by atoms with E-state index in [1.807, 2.05) is 0 Å². The average Bonchev–Trinajstić information content (AvgIpc) is 2.24. The van der Waals surface area contributed by atoms with Gasteiger partial charge in [0.15, 0.2) is 0 Å². The summed E-state index contributed by atoms with van der Waals surface area (Å²) in [4.78, 5) is -1.99. The zero-order chi connectivity index (χ0) is 15.3. The Kier molecular flexibility index (Phi) is 7.38. The molecule has 0 radical (unpaired) electrons. The van der Waals surface area contributed by atoms with Gasteiger partial charge in [-0.15, -0.1) is 0 Å². The van der Waals surface area contributed by atoms with Crippen LogP contribution in [0.5, 0.6) is 11.5 Å². The fourth-order valence-corrected chi connectivity index (χ4v) is 3.03. The third kappa shape index (κ3) is 4.57. The van der Waals surface area contributed by atoms with Crippen molar-refractivity contribution in [3.63, 3.8) is 0 Å². The van der Waals surface area contributed by atoms with E-state index in [9.17, 15) is 36.2 Å². The number of fused-ring (bicyclic) bond motifs is 1. The first-order valence-electron chi connectivity index (χ1n) is 4.91. The fourth-order valence-electron chi connectivity index (χ4n) is 1.72. The summed E-state index contributed by atoms with van der Waals surface area (Å²) in [5.41, 5.74) is 0. The summed E-state index contributed by atoms with van der Waals surface area (Å²) >= 11 is 0. The molecule has 0 aliphatic heterocycles. The molecule has 0 aliphatic rings. The third-order valence-corrected chi connectivity index (χ3v) is 4.22. The number of benzene rings is 2. The number of phenolic OH excluding ortho intramolecular Hbond substituents is 2. The molecule has 22 heavy (non-hydrogen) atoms. The summed E-state index contributed by atoms with van der Waals surface area (Å²) in [7, 11) is -10.2. The van der Waals surface area contributed by atoms with Crippen LogP contribution in [-0.4, -0.2) is 36.2 Å². The Labute approximate surface area is 170 Å². The number of phenols is 2. The summed E-state index contributed by atoms with van der Waals surface area (Å²) in [6, 6.07) is 2.79. The van der Waals surface area contributed by atoms with Gasteiger partial charge >= 0.3 is 59.1 Å². The average molecular weight is 364 g/mol. The van der Waals surface area contributed by atoms with Crippen molar-refractivity contribution in [1.82, 2.24) is 0 Å². The summed E-state index contributed by atoms with van der Waals surface area (Å²) in [6.07, 6.45) is 0. The minimum atomic E-state index is -5.12. The van der Waals surface area contributed by atoms with Gasteiger partial charge in [0, 0.05) is 16.8 Å². The van der Waals surface area contributed by atoms with Crippen LogP contribution in [0.4, 0.5) is 0 Å². The fraction of sp³-hybridized carbons (Fsp3) is 0. The second kappa shape index (κ2) is 7.34. The Hall–Kier alpha value is 0.120. The molecule has 108 valence electrons. The SMILES string of the molecule is O=S(=O)([O-])c1cc(S(=O)(=O)[O-])c2cc(O)cc(O)c2c1.[Na+].[Na+]. The maximum atomic E-state index is 11.1. The van der Waals surface area contributed by atoms with Crippen molar-refractivity contribution >= 4 is 31.0 Å². The molecule has 2 aromatic carbocycles. The van der Waals surface area contributed by atoms with E-state index >= 15 is 0 Å². The molecule has 0 aromatic heterocycles. The van der Waals surface area contributed by atoms with Crippen LogP contribution in [0.25, 0.3) is 10.8 Å². The molecule has 0 spiro atoms. The van der Waals surface area contributed by atoms with E-state index in [4.69, 9.17) is 0 Å². The second-order valence-electron chi connectivity index (χ2n) is 3.89. The van der Waals surface area contributed by atoms with Crippen LogP contribution in [0.15, 0.2) is 34.1 Å². The molecule has 0 atom stereocenters. The summed E-state index contributed by atoms with van der Waals surface area (Å²) in [5, 5.41) is 18.1. The second-order valence-corrected chi connectivity index (χ2v) is 6.62. The van der Waals surface area contributed by atoms with E-state index in [0.717, 1.165) is 18.2 Å². The number of rotatable bonds is 2. The number of hydrogen-bond acceptors (Lipinski definition) is 8. The van der Waals surface area contributed by atoms with Crippen molar-refractivity contribution in [3.8, 4) is 11.5 Å². The van der Waals surface area contributed by atoms with Crippen molar-refractivity contribution in [3.05, 3.63) is 24.3 Å². The third-order valence-electron chi connectivity index (χ3n) is 2.53. The van der Waals surface area contributed by atoms with Crippen molar-refractivity contribution in [2.75, 3.05) is 0 Å². The van der Waals surface area contributed by atoms with E-state index in [0.29, 0.717) is 6.07 Å². The van der Waals surface area contributed by atoms with Crippen LogP contribution in [0, 0.1) is 0 Å². The Morgan fingerprint density at radius 3 is 1.77 bits per heavy atom. The van der Waals surface area contributed by atoms with Gasteiger partial charge < -0.3 is 19.3 Å². The van der Waals surface area contributed by atoms with Gasteiger partial charge in [-0.05, 0) is 18.2 Å². The molecular formula is C10H6Na2O8S2. The molecule has 0 aliphatic carbocycles.